The summed E-state index contributed by atoms with van der Waals surface area (Å²) in [5, 5.41) is 9.24. The molecule has 1 aromatic carbocycles. The first kappa shape index (κ1) is 17.4. The molecule has 0 spiro atoms. The average Bonchev–Trinajstić information content (AvgIpc) is 3.11. The van der Waals surface area contributed by atoms with Gasteiger partial charge in [-0.25, -0.2) is 13.4 Å². The molecule has 2 aliphatic rings. The Labute approximate surface area is 151 Å². The molecule has 140 valence electrons. The molecular formula is C17H21N3O5S. The van der Waals surface area contributed by atoms with E-state index in [9.17, 15) is 18.3 Å². The highest BCUT2D eigenvalue weighted by Crippen LogP contribution is 2.28. The summed E-state index contributed by atoms with van der Waals surface area (Å²) in [6.07, 6.45) is 0. The lowest BCUT2D eigenvalue weighted by Gasteiger charge is -2.43. The molecule has 0 bridgehead atoms. The van der Waals surface area contributed by atoms with E-state index in [0.29, 0.717) is 42.2 Å². The Morgan fingerprint density at radius 2 is 2.08 bits per heavy atom. The minimum absolute atomic E-state index is 0.0290. The van der Waals surface area contributed by atoms with Crippen molar-refractivity contribution in [3.05, 3.63) is 29.7 Å². The molecule has 1 aromatic heterocycles. The molecular weight excluding hydrogens is 358 g/mol. The molecule has 1 N–H and O–H groups in total. The van der Waals surface area contributed by atoms with Crippen LogP contribution in [-0.4, -0.2) is 84.0 Å². The number of fused-ring (bicyclic) bond motifs is 2. The fourth-order valence-electron chi connectivity index (χ4n) is 4.02. The zero-order valence-corrected chi connectivity index (χ0v) is 15.3. The number of piperazine rings is 1. The lowest BCUT2D eigenvalue weighted by Crippen LogP contribution is -2.61. The minimum atomic E-state index is -3.21. The summed E-state index contributed by atoms with van der Waals surface area (Å²) < 4.78 is 29.9. The first-order valence-corrected chi connectivity index (χ1v) is 10.4. The van der Waals surface area contributed by atoms with Crippen LogP contribution in [-0.2, 0) is 9.84 Å². The van der Waals surface area contributed by atoms with E-state index < -0.39 is 9.84 Å². The van der Waals surface area contributed by atoms with Crippen LogP contribution in [0.3, 0.4) is 0 Å². The Morgan fingerprint density at radius 3 is 2.85 bits per heavy atom. The number of hydrogen-bond acceptors (Lipinski definition) is 7. The van der Waals surface area contributed by atoms with Crippen LogP contribution in [0.4, 0.5) is 0 Å². The van der Waals surface area contributed by atoms with E-state index in [0.717, 1.165) is 0 Å². The van der Waals surface area contributed by atoms with E-state index in [2.05, 4.69) is 4.98 Å². The van der Waals surface area contributed by atoms with E-state index in [1.165, 1.54) is 0 Å². The van der Waals surface area contributed by atoms with Crippen molar-refractivity contribution in [2.45, 2.75) is 19.0 Å². The Kier molecular flexibility index (Phi) is 4.25. The number of rotatable bonds is 3. The standard InChI is InChI=1S/C17H21N3O5S/c1-11-18-13-3-2-12(8-16(13)25-11)17(22)20-5-4-19(6-7-21)14-9-26(23,24)10-15(14)20/h2-3,8,14-15,21H,4-7,9-10H2,1H3/t14-,15+/m1/s1. The molecule has 0 aliphatic carbocycles. The topological polar surface area (TPSA) is 104 Å². The second-order valence-electron chi connectivity index (χ2n) is 6.89. The molecule has 0 unspecified atom stereocenters. The van der Waals surface area contributed by atoms with Crippen LogP contribution in [0.25, 0.3) is 11.1 Å². The van der Waals surface area contributed by atoms with Crippen LogP contribution >= 0.6 is 0 Å². The predicted octanol–water partition coefficient (Wildman–Crippen LogP) is 0.0519. The van der Waals surface area contributed by atoms with Crippen molar-refractivity contribution in [1.29, 1.82) is 0 Å². The van der Waals surface area contributed by atoms with Gasteiger partial charge in [-0.1, -0.05) is 0 Å². The summed E-state index contributed by atoms with van der Waals surface area (Å²) in [7, 11) is -3.21. The Bertz CT molecular complexity index is 954. The number of carbonyl (C=O) groups excluding carboxylic acids is 1. The number of aliphatic hydroxyl groups excluding tert-OH is 1. The predicted molar refractivity (Wildman–Crippen MR) is 94.7 cm³/mol. The van der Waals surface area contributed by atoms with Gasteiger partial charge in [-0.15, -0.1) is 0 Å². The smallest absolute Gasteiger partial charge is 0.254 e. The van der Waals surface area contributed by atoms with Crippen molar-refractivity contribution >= 4 is 26.8 Å². The van der Waals surface area contributed by atoms with Gasteiger partial charge in [0.05, 0.1) is 24.2 Å². The number of nitrogens with zero attached hydrogens (tertiary/aromatic N) is 3. The van der Waals surface area contributed by atoms with Crippen molar-refractivity contribution in [3.8, 4) is 0 Å². The number of aryl methyl sites for hydroxylation is 1. The molecule has 0 saturated carbocycles. The Hall–Kier alpha value is -1.97. The molecule has 2 aliphatic heterocycles. The summed E-state index contributed by atoms with van der Waals surface area (Å²) in [5.41, 5.74) is 1.70. The number of amides is 1. The monoisotopic (exact) mass is 379 g/mol. The number of benzene rings is 1. The van der Waals surface area contributed by atoms with Gasteiger partial charge in [0.2, 0.25) is 0 Å². The van der Waals surface area contributed by atoms with Gasteiger partial charge in [0.15, 0.2) is 21.3 Å². The van der Waals surface area contributed by atoms with Crippen LogP contribution in [0.5, 0.6) is 0 Å². The maximum absolute atomic E-state index is 13.1. The molecule has 26 heavy (non-hydrogen) atoms. The summed E-state index contributed by atoms with van der Waals surface area (Å²) in [4.78, 5) is 20.9. The normalized spacial score (nSPS) is 25.5. The molecule has 9 heteroatoms. The number of sulfone groups is 1. The van der Waals surface area contributed by atoms with Crippen molar-refractivity contribution in [2.75, 3.05) is 37.7 Å². The van der Waals surface area contributed by atoms with E-state index in [1.807, 2.05) is 4.90 Å². The molecule has 3 heterocycles. The van der Waals surface area contributed by atoms with Gasteiger partial charge >= 0.3 is 0 Å². The first-order valence-electron chi connectivity index (χ1n) is 8.61. The lowest BCUT2D eigenvalue weighted by atomic mass is 10.0. The van der Waals surface area contributed by atoms with Gasteiger partial charge in [0, 0.05) is 38.2 Å². The van der Waals surface area contributed by atoms with Crippen LogP contribution < -0.4 is 0 Å². The number of aliphatic hydroxyl groups is 1. The fourth-order valence-corrected chi connectivity index (χ4v) is 6.03. The van der Waals surface area contributed by atoms with Crippen molar-refractivity contribution < 1.29 is 22.7 Å². The largest absolute Gasteiger partial charge is 0.441 e. The van der Waals surface area contributed by atoms with Crippen LogP contribution in [0, 0.1) is 6.92 Å². The summed E-state index contributed by atoms with van der Waals surface area (Å²) >= 11 is 0. The van der Waals surface area contributed by atoms with Crippen LogP contribution in [0.1, 0.15) is 16.2 Å². The summed E-state index contributed by atoms with van der Waals surface area (Å²) in [6.45, 7) is 3.12. The first-order chi connectivity index (χ1) is 12.4. The highest BCUT2D eigenvalue weighted by atomic mass is 32.2. The van der Waals surface area contributed by atoms with Crippen molar-refractivity contribution in [1.82, 2.24) is 14.8 Å². The van der Waals surface area contributed by atoms with Gasteiger partial charge in [-0.05, 0) is 18.2 Å². The van der Waals surface area contributed by atoms with Gasteiger partial charge in [-0.3, -0.25) is 9.69 Å². The van der Waals surface area contributed by atoms with E-state index in [1.54, 1.807) is 30.0 Å². The Morgan fingerprint density at radius 1 is 1.31 bits per heavy atom. The van der Waals surface area contributed by atoms with Gasteiger partial charge in [-0.2, -0.15) is 0 Å². The number of carbonyl (C=O) groups is 1. The molecule has 8 nitrogen and oxygen atoms in total. The molecule has 2 atom stereocenters. The average molecular weight is 379 g/mol. The highest BCUT2D eigenvalue weighted by Gasteiger charge is 2.47. The molecule has 4 rings (SSSR count). The zero-order chi connectivity index (χ0) is 18.5. The highest BCUT2D eigenvalue weighted by molar-refractivity contribution is 7.91. The van der Waals surface area contributed by atoms with Crippen LogP contribution in [0.15, 0.2) is 22.6 Å². The maximum atomic E-state index is 13.1. The zero-order valence-electron chi connectivity index (χ0n) is 14.5. The van der Waals surface area contributed by atoms with E-state index >= 15 is 0 Å². The minimum Gasteiger partial charge on any atom is -0.441 e. The number of aromatic nitrogens is 1. The van der Waals surface area contributed by atoms with E-state index in [-0.39, 0.29) is 36.1 Å². The molecule has 2 saturated heterocycles. The summed E-state index contributed by atoms with van der Waals surface area (Å²) in [5.74, 6) is 0.331. The third kappa shape index (κ3) is 3.00. The lowest BCUT2D eigenvalue weighted by molar-refractivity contribution is 0.0281. The van der Waals surface area contributed by atoms with Crippen molar-refractivity contribution in [3.63, 3.8) is 0 Å². The summed E-state index contributed by atoms with van der Waals surface area (Å²) in [6, 6.07) is 4.45. The van der Waals surface area contributed by atoms with Crippen LogP contribution in [0.2, 0.25) is 0 Å². The quantitative estimate of drug-likeness (QED) is 0.804. The molecule has 0 radical (unpaired) electrons. The third-order valence-electron chi connectivity index (χ3n) is 5.18. The maximum Gasteiger partial charge on any atom is 0.254 e. The Balaban J connectivity index is 1.64. The molecule has 2 aromatic rings. The number of hydrogen-bond donors (Lipinski definition) is 1. The fraction of sp³-hybridized carbons (Fsp3) is 0.529. The second-order valence-corrected chi connectivity index (χ2v) is 9.04. The van der Waals surface area contributed by atoms with Gasteiger partial charge < -0.3 is 14.4 Å². The van der Waals surface area contributed by atoms with Gasteiger partial charge in [0.25, 0.3) is 5.91 Å². The van der Waals surface area contributed by atoms with Crippen molar-refractivity contribution in [2.24, 2.45) is 0 Å². The number of oxazole rings is 1. The van der Waals surface area contributed by atoms with E-state index in [4.69, 9.17) is 4.42 Å². The second kappa shape index (κ2) is 6.33. The third-order valence-corrected chi connectivity index (χ3v) is 6.88. The number of β-amino-alcohol motifs (C(OH)–C–C–N with tert-alkyl or cyclic N) is 1. The van der Waals surface area contributed by atoms with Gasteiger partial charge in [0.1, 0.15) is 5.52 Å². The molecule has 2 fully saturated rings. The molecule has 1 amide bonds. The SMILES string of the molecule is Cc1nc2ccc(C(=O)N3CCN(CCO)[C@@H]4CS(=O)(=O)C[C@@H]43)cc2o1.